The Morgan fingerprint density at radius 1 is 0.967 bits per heavy atom. The smallest absolute Gasteiger partial charge is 0.255 e. The number of benzene rings is 3. The van der Waals surface area contributed by atoms with Gasteiger partial charge in [-0.3, -0.25) is 9.10 Å². The summed E-state index contributed by atoms with van der Waals surface area (Å²) in [5.74, 6) is -0.318. The molecule has 0 aliphatic heterocycles. The van der Waals surface area contributed by atoms with E-state index in [1.165, 1.54) is 10.6 Å². The maximum atomic E-state index is 12.7. The van der Waals surface area contributed by atoms with E-state index in [0.717, 1.165) is 11.1 Å². The molecule has 0 aliphatic rings. The number of nitrogens with one attached hydrogen (secondary N) is 1. The molecule has 0 saturated heterocycles. The summed E-state index contributed by atoms with van der Waals surface area (Å²) in [6.07, 6.45) is 1.18. The fraction of sp³-hybridized carbons (Fsp3) is 0.174. The van der Waals surface area contributed by atoms with Gasteiger partial charge in [0.05, 0.1) is 29.2 Å². The lowest BCUT2D eigenvalue weighted by Gasteiger charge is -2.23. The van der Waals surface area contributed by atoms with Crippen molar-refractivity contribution in [3.63, 3.8) is 0 Å². The Kier molecular flexibility index (Phi) is 6.48. The number of carbonyl (C=O) groups excluding carboxylic acids is 1. The van der Waals surface area contributed by atoms with E-state index in [-0.39, 0.29) is 12.5 Å². The standard InChI is InChI=1S/C23H23ClN2O3S/c1-16-11-12-20(13-17(16)2)26(30(3,28)29)15-18-7-6-8-19(14-18)23(27)25-22-10-5-4-9-21(22)24/h4-14H,15H2,1-3H3,(H,25,27). The van der Waals surface area contributed by atoms with Gasteiger partial charge in [-0.15, -0.1) is 0 Å². The lowest BCUT2D eigenvalue weighted by Crippen LogP contribution is -2.29. The molecule has 0 saturated carbocycles. The second-order valence-corrected chi connectivity index (χ2v) is 9.49. The summed E-state index contributed by atoms with van der Waals surface area (Å²) in [5.41, 5.74) is 4.32. The molecule has 1 amide bonds. The van der Waals surface area contributed by atoms with Crippen LogP contribution in [0.2, 0.25) is 5.02 Å². The van der Waals surface area contributed by atoms with E-state index in [2.05, 4.69) is 5.32 Å². The van der Waals surface area contributed by atoms with Crippen LogP contribution in [0.4, 0.5) is 11.4 Å². The van der Waals surface area contributed by atoms with Crippen LogP contribution in [0.15, 0.2) is 66.7 Å². The van der Waals surface area contributed by atoms with Crippen LogP contribution in [0.25, 0.3) is 0 Å². The Labute approximate surface area is 182 Å². The highest BCUT2D eigenvalue weighted by Gasteiger charge is 2.19. The largest absolute Gasteiger partial charge is 0.321 e. The Morgan fingerprint density at radius 2 is 1.70 bits per heavy atom. The molecule has 0 bridgehead atoms. The van der Waals surface area contributed by atoms with Gasteiger partial charge in [0.1, 0.15) is 0 Å². The van der Waals surface area contributed by atoms with Gasteiger partial charge >= 0.3 is 0 Å². The normalized spacial score (nSPS) is 11.2. The molecule has 3 aromatic rings. The molecule has 1 N–H and O–H groups in total. The van der Waals surface area contributed by atoms with Crippen LogP contribution in [-0.2, 0) is 16.6 Å². The topological polar surface area (TPSA) is 66.5 Å². The molecule has 0 unspecified atom stereocenters. The number of amides is 1. The van der Waals surface area contributed by atoms with Crippen molar-refractivity contribution >= 4 is 38.9 Å². The molecule has 3 aromatic carbocycles. The van der Waals surface area contributed by atoms with Gasteiger partial charge in [0.15, 0.2) is 0 Å². The molecular formula is C23H23ClN2O3S. The number of para-hydroxylation sites is 1. The number of anilines is 2. The SMILES string of the molecule is Cc1ccc(N(Cc2cccc(C(=O)Nc3ccccc3Cl)c2)S(C)(=O)=O)cc1C. The summed E-state index contributed by atoms with van der Waals surface area (Å²) in [6.45, 7) is 4.04. The minimum Gasteiger partial charge on any atom is -0.321 e. The van der Waals surface area contributed by atoms with Gasteiger partial charge in [-0.2, -0.15) is 0 Å². The van der Waals surface area contributed by atoms with Crippen molar-refractivity contribution in [3.8, 4) is 0 Å². The highest BCUT2D eigenvalue weighted by Crippen LogP contribution is 2.25. The van der Waals surface area contributed by atoms with Crippen molar-refractivity contribution in [3.05, 3.63) is 94.0 Å². The van der Waals surface area contributed by atoms with Gasteiger partial charge in [-0.25, -0.2) is 8.42 Å². The number of nitrogens with zero attached hydrogens (tertiary/aromatic N) is 1. The van der Waals surface area contributed by atoms with Crippen LogP contribution < -0.4 is 9.62 Å². The summed E-state index contributed by atoms with van der Waals surface area (Å²) in [5, 5.41) is 3.22. The summed E-state index contributed by atoms with van der Waals surface area (Å²) in [7, 11) is -3.52. The Hall–Kier alpha value is -2.83. The summed E-state index contributed by atoms with van der Waals surface area (Å²) >= 11 is 6.11. The average molecular weight is 443 g/mol. The third-order valence-electron chi connectivity index (χ3n) is 4.82. The molecule has 0 heterocycles. The first-order valence-electron chi connectivity index (χ1n) is 9.35. The molecule has 0 aliphatic carbocycles. The fourth-order valence-corrected chi connectivity index (χ4v) is 4.08. The highest BCUT2D eigenvalue weighted by atomic mass is 35.5. The first-order valence-corrected chi connectivity index (χ1v) is 11.6. The number of aryl methyl sites for hydroxylation is 2. The van der Waals surface area contributed by atoms with Crippen molar-refractivity contribution in [2.45, 2.75) is 20.4 Å². The Bertz CT molecular complexity index is 1190. The van der Waals surface area contributed by atoms with Crippen LogP contribution >= 0.6 is 11.6 Å². The van der Waals surface area contributed by atoms with E-state index in [1.807, 2.05) is 26.0 Å². The van der Waals surface area contributed by atoms with Gasteiger partial charge in [-0.1, -0.05) is 41.9 Å². The quantitative estimate of drug-likeness (QED) is 0.572. The van der Waals surface area contributed by atoms with E-state index >= 15 is 0 Å². The lowest BCUT2D eigenvalue weighted by atomic mass is 10.1. The third kappa shape index (κ3) is 5.20. The van der Waals surface area contributed by atoms with Crippen molar-refractivity contribution in [1.82, 2.24) is 0 Å². The van der Waals surface area contributed by atoms with Gasteiger partial charge in [-0.05, 0) is 66.9 Å². The second-order valence-electron chi connectivity index (χ2n) is 7.17. The van der Waals surface area contributed by atoms with Crippen molar-refractivity contribution < 1.29 is 13.2 Å². The fourth-order valence-electron chi connectivity index (χ4n) is 3.01. The van der Waals surface area contributed by atoms with Crippen molar-refractivity contribution in [2.75, 3.05) is 15.9 Å². The van der Waals surface area contributed by atoms with E-state index in [9.17, 15) is 13.2 Å². The molecule has 5 nitrogen and oxygen atoms in total. The third-order valence-corrected chi connectivity index (χ3v) is 6.29. The molecule has 0 fully saturated rings. The predicted molar refractivity (Wildman–Crippen MR) is 123 cm³/mol. The molecule has 30 heavy (non-hydrogen) atoms. The summed E-state index contributed by atoms with van der Waals surface area (Å²) in [6, 6.07) is 19.4. The van der Waals surface area contributed by atoms with E-state index in [1.54, 1.807) is 54.6 Å². The zero-order chi connectivity index (χ0) is 21.9. The highest BCUT2D eigenvalue weighted by molar-refractivity contribution is 7.92. The predicted octanol–water partition coefficient (Wildman–Crippen LogP) is 5.18. The summed E-state index contributed by atoms with van der Waals surface area (Å²) < 4.78 is 26.3. The van der Waals surface area contributed by atoms with Gasteiger partial charge < -0.3 is 5.32 Å². The number of hydrogen-bond donors (Lipinski definition) is 1. The monoisotopic (exact) mass is 442 g/mol. The number of halogens is 1. The van der Waals surface area contributed by atoms with Crippen LogP contribution in [0.1, 0.15) is 27.0 Å². The molecular weight excluding hydrogens is 420 g/mol. The lowest BCUT2D eigenvalue weighted by molar-refractivity contribution is 0.102. The number of carbonyl (C=O) groups is 1. The van der Waals surface area contributed by atoms with E-state index in [0.29, 0.717) is 27.5 Å². The summed E-state index contributed by atoms with van der Waals surface area (Å²) in [4.78, 5) is 12.7. The Morgan fingerprint density at radius 3 is 2.37 bits per heavy atom. The first-order chi connectivity index (χ1) is 14.1. The molecule has 0 spiro atoms. The van der Waals surface area contributed by atoms with Crippen molar-refractivity contribution in [1.29, 1.82) is 0 Å². The molecule has 0 atom stereocenters. The molecule has 3 rings (SSSR count). The minimum absolute atomic E-state index is 0.120. The number of rotatable bonds is 6. The maximum Gasteiger partial charge on any atom is 0.255 e. The first kappa shape index (κ1) is 21.9. The number of hydrogen-bond acceptors (Lipinski definition) is 3. The Balaban J connectivity index is 1.87. The van der Waals surface area contributed by atoms with E-state index < -0.39 is 10.0 Å². The van der Waals surface area contributed by atoms with Gasteiger partial charge in [0.25, 0.3) is 5.91 Å². The minimum atomic E-state index is -3.52. The van der Waals surface area contributed by atoms with Crippen LogP contribution in [0, 0.1) is 13.8 Å². The van der Waals surface area contributed by atoms with Gasteiger partial charge in [0, 0.05) is 5.56 Å². The maximum absolute atomic E-state index is 12.7. The molecule has 0 radical (unpaired) electrons. The second kappa shape index (κ2) is 8.90. The van der Waals surface area contributed by atoms with Crippen LogP contribution in [-0.4, -0.2) is 20.6 Å². The van der Waals surface area contributed by atoms with Gasteiger partial charge in [0.2, 0.25) is 10.0 Å². The molecule has 156 valence electrons. The van der Waals surface area contributed by atoms with Crippen LogP contribution in [0.3, 0.4) is 0 Å². The average Bonchev–Trinajstić information content (AvgIpc) is 2.69. The zero-order valence-corrected chi connectivity index (χ0v) is 18.6. The zero-order valence-electron chi connectivity index (χ0n) is 17.0. The molecule has 0 aromatic heterocycles. The van der Waals surface area contributed by atoms with Crippen LogP contribution in [0.5, 0.6) is 0 Å². The molecule has 7 heteroatoms. The number of sulfonamides is 1. The van der Waals surface area contributed by atoms with E-state index in [4.69, 9.17) is 11.6 Å². The van der Waals surface area contributed by atoms with Crippen molar-refractivity contribution in [2.24, 2.45) is 0 Å².